The second-order valence-corrected chi connectivity index (χ2v) is 2.48. The van der Waals surface area contributed by atoms with Crippen molar-refractivity contribution in [2.45, 2.75) is 0 Å². The largest absolute Gasteiger partial charge is 0.489 e. The minimum Gasteiger partial charge on any atom is -0.423 e. The lowest BCUT2D eigenvalue weighted by atomic mass is 9.77. The highest BCUT2D eigenvalue weighted by Crippen LogP contribution is 1.95. The first-order valence-corrected chi connectivity index (χ1v) is 3.65. The van der Waals surface area contributed by atoms with Crippen LogP contribution < -0.4 is 17.0 Å². The van der Waals surface area contributed by atoms with Crippen LogP contribution in [0.2, 0.25) is 0 Å². The fourth-order valence-electron chi connectivity index (χ4n) is 1.02. The van der Waals surface area contributed by atoms with Crippen LogP contribution in [0.1, 0.15) is 5.56 Å². The summed E-state index contributed by atoms with van der Waals surface area (Å²) >= 11 is 0. The third kappa shape index (κ3) is 1.98. The van der Waals surface area contributed by atoms with Crippen LogP contribution in [-0.2, 0) is 0 Å². The van der Waals surface area contributed by atoms with E-state index in [9.17, 15) is 0 Å². The van der Waals surface area contributed by atoms with Crippen LogP contribution in [0.5, 0.6) is 0 Å². The van der Waals surface area contributed by atoms with Crippen molar-refractivity contribution < 1.29 is 10.0 Å². The Morgan fingerprint density at radius 1 is 1.31 bits per heavy atom. The highest BCUT2D eigenvalue weighted by molar-refractivity contribution is 6.60. The quantitative estimate of drug-likeness (QED) is 0.138. The molecule has 0 bridgehead atoms. The molecule has 0 saturated heterocycles. The summed E-state index contributed by atoms with van der Waals surface area (Å²) in [6.07, 6.45) is 0. The van der Waals surface area contributed by atoms with E-state index in [1.54, 1.807) is 18.2 Å². The van der Waals surface area contributed by atoms with Gasteiger partial charge < -0.3 is 21.6 Å². The van der Waals surface area contributed by atoms with E-state index in [1.165, 1.54) is 6.07 Å². The van der Waals surface area contributed by atoms with Crippen LogP contribution in [0.3, 0.4) is 0 Å². The Kier molecular flexibility index (Phi) is 2.89. The van der Waals surface area contributed by atoms with Crippen molar-refractivity contribution in [1.29, 1.82) is 0 Å². The topological polar surface area (TPSA) is 105 Å². The van der Waals surface area contributed by atoms with Gasteiger partial charge in [0.1, 0.15) is 5.84 Å². The maximum Gasteiger partial charge on any atom is 0.489 e. The Morgan fingerprint density at radius 2 is 1.92 bits per heavy atom. The number of hydrogen-bond acceptors (Lipinski definition) is 4. The smallest absolute Gasteiger partial charge is 0.423 e. The average Bonchev–Trinajstić information content (AvgIpc) is 2.16. The van der Waals surface area contributed by atoms with Gasteiger partial charge in [0.15, 0.2) is 0 Å². The van der Waals surface area contributed by atoms with Crippen LogP contribution in [0.15, 0.2) is 29.4 Å². The molecule has 0 aliphatic rings. The summed E-state index contributed by atoms with van der Waals surface area (Å²) in [4.78, 5) is 0. The van der Waals surface area contributed by atoms with E-state index in [-0.39, 0.29) is 11.3 Å². The summed E-state index contributed by atoms with van der Waals surface area (Å²) in [7, 11) is -1.57. The lowest BCUT2D eigenvalue weighted by Crippen LogP contribution is -2.36. The summed E-state index contributed by atoms with van der Waals surface area (Å²) in [5, 5.41) is 21.2. The number of nitrogens with two attached hydrogens (primary N) is 2. The number of rotatable bonds is 2. The standard InChI is InChI=1S/C7H10BN3O2/c9-7(11-10)5-3-1-2-4-6(5)8(12)13/h1-4,12-13H,10H2,(H2,9,11). The Hall–Kier alpha value is -1.53. The molecule has 1 rings (SSSR count). The van der Waals surface area contributed by atoms with E-state index in [0.717, 1.165) is 0 Å². The molecule has 0 aromatic heterocycles. The van der Waals surface area contributed by atoms with Crippen molar-refractivity contribution in [3.63, 3.8) is 0 Å². The highest BCUT2D eigenvalue weighted by atomic mass is 16.4. The molecule has 0 unspecified atom stereocenters. The summed E-state index contributed by atoms with van der Waals surface area (Å²) in [6.45, 7) is 0. The minimum absolute atomic E-state index is 0.0729. The second kappa shape index (κ2) is 3.93. The normalized spacial score (nSPS) is 11.4. The highest BCUT2D eigenvalue weighted by Gasteiger charge is 2.16. The number of amidine groups is 1. The molecular formula is C7H10BN3O2. The van der Waals surface area contributed by atoms with Crippen molar-refractivity contribution in [2.75, 3.05) is 0 Å². The second-order valence-electron chi connectivity index (χ2n) is 2.48. The monoisotopic (exact) mass is 179 g/mol. The number of nitrogens with zero attached hydrogens (tertiary/aromatic N) is 1. The van der Waals surface area contributed by atoms with Crippen LogP contribution in [-0.4, -0.2) is 23.0 Å². The van der Waals surface area contributed by atoms with Gasteiger partial charge in [0.2, 0.25) is 0 Å². The molecule has 6 heteroatoms. The van der Waals surface area contributed by atoms with Gasteiger partial charge in [0.05, 0.1) is 0 Å². The molecule has 6 N–H and O–H groups in total. The molecule has 0 amide bonds. The zero-order chi connectivity index (χ0) is 9.84. The van der Waals surface area contributed by atoms with Gasteiger partial charge in [-0.15, -0.1) is 0 Å². The van der Waals surface area contributed by atoms with Gasteiger partial charge in [-0.3, -0.25) is 0 Å². The molecule has 0 fully saturated rings. The summed E-state index contributed by atoms with van der Waals surface area (Å²) in [6, 6.07) is 6.53. The number of hydrogen-bond donors (Lipinski definition) is 4. The summed E-state index contributed by atoms with van der Waals surface area (Å²) in [5.74, 6) is 5.05. The van der Waals surface area contributed by atoms with Gasteiger partial charge in [-0.1, -0.05) is 24.3 Å². The van der Waals surface area contributed by atoms with Crippen LogP contribution >= 0.6 is 0 Å². The van der Waals surface area contributed by atoms with E-state index in [1.807, 2.05) is 0 Å². The summed E-state index contributed by atoms with van der Waals surface area (Å²) in [5.41, 5.74) is 6.15. The third-order valence-electron chi connectivity index (χ3n) is 1.65. The molecule has 5 nitrogen and oxygen atoms in total. The molecule has 0 spiro atoms. The Morgan fingerprint density at radius 3 is 2.46 bits per heavy atom. The fourth-order valence-corrected chi connectivity index (χ4v) is 1.02. The molecule has 0 radical (unpaired) electrons. The van der Waals surface area contributed by atoms with E-state index < -0.39 is 7.12 Å². The SMILES string of the molecule is N/N=C(\N)c1ccccc1B(O)O. The summed E-state index contributed by atoms with van der Waals surface area (Å²) < 4.78 is 0. The predicted molar refractivity (Wildman–Crippen MR) is 51.2 cm³/mol. The fraction of sp³-hybridized carbons (Fsp3) is 0. The number of benzene rings is 1. The molecule has 13 heavy (non-hydrogen) atoms. The molecule has 68 valence electrons. The van der Waals surface area contributed by atoms with Gasteiger partial charge >= 0.3 is 7.12 Å². The van der Waals surface area contributed by atoms with E-state index in [2.05, 4.69) is 5.10 Å². The van der Waals surface area contributed by atoms with E-state index in [0.29, 0.717) is 5.56 Å². The molecule has 0 saturated carbocycles. The maximum atomic E-state index is 8.95. The van der Waals surface area contributed by atoms with Gasteiger partial charge in [-0.25, -0.2) is 0 Å². The molecule has 0 heterocycles. The maximum absolute atomic E-state index is 8.95. The predicted octanol–water partition coefficient (Wildman–Crippen LogP) is -2.05. The average molecular weight is 179 g/mol. The van der Waals surface area contributed by atoms with Crippen molar-refractivity contribution in [1.82, 2.24) is 0 Å². The first-order valence-electron chi connectivity index (χ1n) is 3.65. The minimum atomic E-state index is -1.57. The Balaban J connectivity index is 3.20. The Labute approximate surface area is 75.8 Å². The Bertz CT molecular complexity index is 327. The lowest BCUT2D eigenvalue weighted by Gasteiger charge is -2.06. The van der Waals surface area contributed by atoms with Gasteiger partial charge in [-0.2, -0.15) is 5.10 Å². The van der Waals surface area contributed by atoms with Gasteiger partial charge in [0, 0.05) is 5.56 Å². The molecule has 0 aliphatic carbocycles. The first-order chi connectivity index (χ1) is 6.16. The van der Waals surface area contributed by atoms with Crippen molar-refractivity contribution in [3.8, 4) is 0 Å². The van der Waals surface area contributed by atoms with E-state index >= 15 is 0 Å². The number of hydrazone groups is 1. The molecule has 1 aromatic carbocycles. The third-order valence-corrected chi connectivity index (χ3v) is 1.65. The first kappa shape index (κ1) is 9.56. The zero-order valence-electron chi connectivity index (χ0n) is 6.88. The molecule has 0 atom stereocenters. The van der Waals surface area contributed by atoms with Crippen molar-refractivity contribution >= 4 is 18.4 Å². The van der Waals surface area contributed by atoms with Crippen molar-refractivity contribution in [3.05, 3.63) is 29.8 Å². The molecule has 1 aromatic rings. The van der Waals surface area contributed by atoms with Gasteiger partial charge in [-0.05, 0) is 5.46 Å². The molecular weight excluding hydrogens is 169 g/mol. The van der Waals surface area contributed by atoms with Gasteiger partial charge in [0.25, 0.3) is 0 Å². The molecule has 0 aliphatic heterocycles. The zero-order valence-corrected chi connectivity index (χ0v) is 6.88. The van der Waals surface area contributed by atoms with Crippen LogP contribution in [0.25, 0.3) is 0 Å². The van der Waals surface area contributed by atoms with Crippen molar-refractivity contribution in [2.24, 2.45) is 16.7 Å². The van der Waals surface area contributed by atoms with E-state index in [4.69, 9.17) is 21.6 Å². The van der Waals surface area contributed by atoms with Crippen LogP contribution in [0.4, 0.5) is 0 Å². The van der Waals surface area contributed by atoms with Crippen LogP contribution in [0, 0.1) is 0 Å². The lowest BCUT2D eigenvalue weighted by molar-refractivity contribution is 0.425.